The highest BCUT2D eigenvalue weighted by atomic mass is 32.1. The lowest BCUT2D eigenvalue weighted by Gasteiger charge is -2.11. The van der Waals surface area contributed by atoms with Crippen LogP contribution in [0.4, 0.5) is 5.13 Å². The van der Waals surface area contributed by atoms with E-state index < -0.39 is 0 Å². The number of thiazole rings is 1. The second-order valence-electron chi connectivity index (χ2n) is 3.22. The maximum absolute atomic E-state index is 4.20. The van der Waals surface area contributed by atoms with Crippen molar-refractivity contribution in [2.24, 2.45) is 0 Å². The van der Waals surface area contributed by atoms with E-state index in [1.165, 1.54) is 5.56 Å². The lowest BCUT2D eigenvalue weighted by molar-refractivity contribution is 0.791. The highest BCUT2D eigenvalue weighted by Crippen LogP contribution is 2.14. The summed E-state index contributed by atoms with van der Waals surface area (Å²) in [5, 5.41) is 10.7. The van der Waals surface area contributed by atoms with Crippen LogP contribution in [0.1, 0.15) is 12.5 Å². The fraction of sp³-hybridized carbons (Fsp3) is 0.300. The number of hydrogen-bond acceptors (Lipinski definition) is 4. The zero-order valence-corrected chi connectivity index (χ0v) is 9.57. The van der Waals surface area contributed by atoms with Crippen LogP contribution in [0.3, 0.4) is 0 Å². The van der Waals surface area contributed by atoms with Gasteiger partial charge >= 0.3 is 0 Å². The molecule has 1 atom stereocenters. The molecule has 2 nitrogen and oxygen atoms in total. The molecule has 0 saturated heterocycles. The molecule has 0 aliphatic rings. The first-order valence-electron chi connectivity index (χ1n) is 4.51. The number of nitrogens with zero attached hydrogens (tertiary/aromatic N) is 1. The van der Waals surface area contributed by atoms with Gasteiger partial charge in [-0.2, -0.15) is 11.3 Å². The van der Waals surface area contributed by atoms with E-state index in [1.807, 2.05) is 11.6 Å². The van der Waals surface area contributed by atoms with Gasteiger partial charge in [-0.15, -0.1) is 11.3 Å². The smallest absolute Gasteiger partial charge is 0.182 e. The molecular formula is C10H12N2S2. The molecule has 2 aromatic heterocycles. The van der Waals surface area contributed by atoms with E-state index in [-0.39, 0.29) is 0 Å². The van der Waals surface area contributed by atoms with Crippen molar-refractivity contribution < 1.29 is 0 Å². The molecule has 0 aromatic carbocycles. The zero-order valence-electron chi connectivity index (χ0n) is 7.93. The van der Waals surface area contributed by atoms with E-state index in [9.17, 15) is 0 Å². The Morgan fingerprint density at radius 2 is 2.43 bits per heavy atom. The third-order valence-electron chi connectivity index (χ3n) is 1.92. The summed E-state index contributed by atoms with van der Waals surface area (Å²) in [7, 11) is 0. The monoisotopic (exact) mass is 224 g/mol. The maximum atomic E-state index is 4.20. The number of hydrogen-bond donors (Lipinski definition) is 1. The third kappa shape index (κ3) is 2.56. The Hall–Kier alpha value is -0.870. The summed E-state index contributed by atoms with van der Waals surface area (Å²) in [5.74, 6) is 0. The Labute approximate surface area is 91.6 Å². The van der Waals surface area contributed by atoms with Gasteiger partial charge < -0.3 is 5.32 Å². The molecule has 0 radical (unpaired) electrons. The minimum Gasteiger partial charge on any atom is -0.359 e. The van der Waals surface area contributed by atoms with Gasteiger partial charge in [0.25, 0.3) is 0 Å². The number of anilines is 1. The molecule has 2 heterocycles. The Bertz CT molecular complexity index is 317. The van der Waals surface area contributed by atoms with Gasteiger partial charge in [0, 0.05) is 17.6 Å². The summed E-state index contributed by atoms with van der Waals surface area (Å²) in [6.07, 6.45) is 2.88. The fourth-order valence-electron chi connectivity index (χ4n) is 1.32. The average molecular weight is 224 g/mol. The van der Waals surface area contributed by atoms with Gasteiger partial charge in [-0.3, -0.25) is 0 Å². The van der Waals surface area contributed by atoms with Crippen LogP contribution < -0.4 is 5.32 Å². The molecule has 0 bridgehead atoms. The topological polar surface area (TPSA) is 24.9 Å². The van der Waals surface area contributed by atoms with E-state index >= 15 is 0 Å². The van der Waals surface area contributed by atoms with E-state index in [0.29, 0.717) is 6.04 Å². The maximum Gasteiger partial charge on any atom is 0.182 e. The molecule has 2 rings (SSSR count). The van der Waals surface area contributed by atoms with Crippen LogP contribution >= 0.6 is 22.7 Å². The molecule has 1 unspecified atom stereocenters. The van der Waals surface area contributed by atoms with Gasteiger partial charge in [-0.25, -0.2) is 4.98 Å². The quantitative estimate of drug-likeness (QED) is 0.862. The van der Waals surface area contributed by atoms with E-state index in [2.05, 4.69) is 34.1 Å². The van der Waals surface area contributed by atoms with Crippen LogP contribution in [0.2, 0.25) is 0 Å². The minimum absolute atomic E-state index is 0.441. The first-order valence-corrected chi connectivity index (χ1v) is 6.34. The first kappa shape index (κ1) is 9.68. The van der Waals surface area contributed by atoms with Crippen molar-refractivity contribution >= 4 is 27.8 Å². The van der Waals surface area contributed by atoms with Crippen molar-refractivity contribution in [3.8, 4) is 0 Å². The number of rotatable bonds is 4. The highest BCUT2D eigenvalue weighted by Gasteiger charge is 2.04. The van der Waals surface area contributed by atoms with Gasteiger partial charge in [-0.1, -0.05) is 0 Å². The molecule has 0 saturated carbocycles. The minimum atomic E-state index is 0.441. The summed E-state index contributed by atoms with van der Waals surface area (Å²) in [6, 6.07) is 2.61. The third-order valence-corrected chi connectivity index (χ3v) is 3.36. The van der Waals surface area contributed by atoms with E-state index in [1.54, 1.807) is 22.7 Å². The molecule has 74 valence electrons. The van der Waals surface area contributed by atoms with Crippen LogP contribution in [0.15, 0.2) is 28.4 Å². The largest absolute Gasteiger partial charge is 0.359 e. The summed E-state index contributed by atoms with van der Waals surface area (Å²) < 4.78 is 0. The Balaban J connectivity index is 1.88. The summed E-state index contributed by atoms with van der Waals surface area (Å²) in [6.45, 7) is 2.18. The van der Waals surface area contributed by atoms with Crippen LogP contribution in [-0.4, -0.2) is 11.0 Å². The van der Waals surface area contributed by atoms with Crippen LogP contribution in [0.25, 0.3) is 0 Å². The number of thiophene rings is 1. The van der Waals surface area contributed by atoms with E-state index in [0.717, 1.165) is 11.6 Å². The summed E-state index contributed by atoms with van der Waals surface area (Å²) >= 11 is 3.39. The molecule has 0 spiro atoms. The Morgan fingerprint density at radius 3 is 3.07 bits per heavy atom. The second-order valence-corrected chi connectivity index (χ2v) is 4.89. The Kier molecular flexibility index (Phi) is 3.16. The van der Waals surface area contributed by atoms with Crippen molar-refractivity contribution in [1.29, 1.82) is 0 Å². The predicted molar refractivity (Wildman–Crippen MR) is 63.2 cm³/mol. The predicted octanol–water partition coefficient (Wildman–Crippen LogP) is 3.25. The van der Waals surface area contributed by atoms with Gasteiger partial charge in [0.1, 0.15) is 0 Å². The molecule has 2 aromatic rings. The van der Waals surface area contributed by atoms with Crippen molar-refractivity contribution in [2.45, 2.75) is 19.4 Å². The van der Waals surface area contributed by atoms with Gasteiger partial charge in [0.2, 0.25) is 0 Å². The van der Waals surface area contributed by atoms with Crippen molar-refractivity contribution in [2.75, 3.05) is 5.32 Å². The zero-order chi connectivity index (χ0) is 9.80. The molecule has 14 heavy (non-hydrogen) atoms. The number of aromatic nitrogens is 1. The lowest BCUT2D eigenvalue weighted by Crippen LogP contribution is -2.17. The first-order chi connectivity index (χ1) is 6.84. The summed E-state index contributed by atoms with van der Waals surface area (Å²) in [4.78, 5) is 4.20. The molecular weight excluding hydrogens is 212 g/mol. The normalized spacial score (nSPS) is 12.6. The van der Waals surface area contributed by atoms with Crippen molar-refractivity contribution in [1.82, 2.24) is 4.98 Å². The summed E-state index contributed by atoms with van der Waals surface area (Å²) in [5.41, 5.74) is 1.39. The van der Waals surface area contributed by atoms with Crippen molar-refractivity contribution in [3.05, 3.63) is 34.0 Å². The highest BCUT2D eigenvalue weighted by molar-refractivity contribution is 7.13. The molecule has 0 aliphatic heterocycles. The Morgan fingerprint density at radius 1 is 1.50 bits per heavy atom. The van der Waals surface area contributed by atoms with Crippen LogP contribution in [0.5, 0.6) is 0 Å². The van der Waals surface area contributed by atoms with Crippen LogP contribution in [-0.2, 0) is 6.42 Å². The molecule has 0 aliphatic carbocycles. The molecule has 1 N–H and O–H groups in total. The van der Waals surface area contributed by atoms with Gasteiger partial charge in [-0.05, 0) is 35.7 Å². The lowest BCUT2D eigenvalue weighted by atomic mass is 10.1. The fourth-order valence-corrected chi connectivity index (χ4v) is 2.64. The van der Waals surface area contributed by atoms with Crippen molar-refractivity contribution in [3.63, 3.8) is 0 Å². The molecule has 4 heteroatoms. The van der Waals surface area contributed by atoms with Crippen LogP contribution in [0, 0.1) is 0 Å². The second kappa shape index (κ2) is 4.57. The molecule has 0 fully saturated rings. The average Bonchev–Trinajstić information content (AvgIpc) is 2.76. The standard InChI is InChI=1S/C10H12N2S2/c1-8(6-9-2-4-13-7-9)12-10-11-3-5-14-10/h2-5,7-8H,6H2,1H3,(H,11,12). The van der Waals surface area contributed by atoms with Gasteiger partial charge in [0.15, 0.2) is 5.13 Å². The van der Waals surface area contributed by atoms with E-state index in [4.69, 9.17) is 0 Å². The number of nitrogens with one attached hydrogen (secondary N) is 1. The van der Waals surface area contributed by atoms with Gasteiger partial charge in [0.05, 0.1) is 0 Å². The molecule has 0 amide bonds. The SMILES string of the molecule is CC(Cc1ccsc1)Nc1nccs1.